The molecule has 7 nitrogen and oxygen atoms in total. The molecule has 0 radical (unpaired) electrons. The topological polar surface area (TPSA) is 110 Å². The zero-order chi connectivity index (χ0) is 21.0. The summed E-state index contributed by atoms with van der Waals surface area (Å²) in [5.41, 5.74) is 6.71. The third-order valence-electron chi connectivity index (χ3n) is 5.05. The lowest BCUT2D eigenvalue weighted by Crippen LogP contribution is -2.33. The number of carbonyl (C=O) groups is 2. The van der Waals surface area contributed by atoms with E-state index in [0.717, 1.165) is 31.2 Å². The summed E-state index contributed by atoms with van der Waals surface area (Å²) in [6, 6.07) is 12.8. The molecule has 0 atom stereocenters. The monoisotopic (exact) mass is 415 g/mol. The van der Waals surface area contributed by atoms with Crippen LogP contribution in [-0.2, 0) is 16.6 Å². The van der Waals surface area contributed by atoms with Gasteiger partial charge in [-0.2, -0.15) is 0 Å². The van der Waals surface area contributed by atoms with Crippen LogP contribution >= 0.6 is 0 Å². The molecule has 0 saturated heterocycles. The molecule has 2 amide bonds. The van der Waals surface area contributed by atoms with E-state index in [0.29, 0.717) is 5.56 Å². The van der Waals surface area contributed by atoms with E-state index in [4.69, 9.17) is 5.73 Å². The summed E-state index contributed by atoms with van der Waals surface area (Å²) in [5, 5.41) is 0. The Morgan fingerprint density at radius 3 is 2.41 bits per heavy atom. The quantitative estimate of drug-likeness (QED) is 0.723. The van der Waals surface area contributed by atoms with Crippen molar-refractivity contribution in [2.75, 3.05) is 7.05 Å². The fourth-order valence-electron chi connectivity index (χ4n) is 3.52. The van der Waals surface area contributed by atoms with Crippen molar-refractivity contribution in [1.82, 2.24) is 9.62 Å². The number of nitrogens with one attached hydrogen (secondary N) is 1. The van der Waals surface area contributed by atoms with Gasteiger partial charge in [-0.25, -0.2) is 13.1 Å². The van der Waals surface area contributed by atoms with Crippen molar-refractivity contribution >= 4 is 21.8 Å². The van der Waals surface area contributed by atoms with Gasteiger partial charge >= 0.3 is 0 Å². The van der Waals surface area contributed by atoms with Crippen molar-refractivity contribution in [3.05, 3.63) is 65.2 Å². The maximum atomic E-state index is 12.8. The van der Waals surface area contributed by atoms with E-state index in [9.17, 15) is 18.0 Å². The molecule has 3 rings (SSSR count). The first kappa shape index (κ1) is 21.0. The average molecular weight is 416 g/mol. The Kier molecular flexibility index (Phi) is 6.34. The van der Waals surface area contributed by atoms with E-state index in [1.807, 2.05) is 0 Å². The number of benzene rings is 2. The lowest BCUT2D eigenvalue weighted by atomic mass is 10.1. The zero-order valence-electron chi connectivity index (χ0n) is 16.3. The number of nitrogens with two attached hydrogens (primary N) is 1. The lowest BCUT2D eigenvalue weighted by molar-refractivity contribution is 0.0785. The summed E-state index contributed by atoms with van der Waals surface area (Å²) >= 11 is 0. The number of nitrogens with zero attached hydrogens (tertiary/aromatic N) is 1. The zero-order valence-corrected chi connectivity index (χ0v) is 17.1. The Morgan fingerprint density at radius 2 is 1.72 bits per heavy atom. The maximum Gasteiger partial charge on any atom is 0.253 e. The van der Waals surface area contributed by atoms with Gasteiger partial charge in [0.15, 0.2) is 0 Å². The second-order valence-corrected chi connectivity index (χ2v) is 9.07. The van der Waals surface area contributed by atoms with Crippen LogP contribution in [0.2, 0.25) is 0 Å². The first-order valence-corrected chi connectivity index (χ1v) is 11.0. The molecule has 154 valence electrons. The van der Waals surface area contributed by atoms with E-state index in [-0.39, 0.29) is 29.0 Å². The number of hydrogen-bond acceptors (Lipinski definition) is 4. The second-order valence-electron chi connectivity index (χ2n) is 7.36. The van der Waals surface area contributed by atoms with Gasteiger partial charge in [0.25, 0.3) is 5.91 Å². The summed E-state index contributed by atoms with van der Waals surface area (Å²) in [6.07, 6.45) is 3.72. The summed E-state index contributed by atoms with van der Waals surface area (Å²) in [7, 11) is -2.05. The fraction of sp³-hybridized carbons (Fsp3) is 0.333. The number of sulfonamides is 1. The molecule has 2 aromatic rings. The fourth-order valence-corrected chi connectivity index (χ4v) is 4.87. The Balaban J connectivity index is 1.74. The van der Waals surface area contributed by atoms with Crippen LogP contribution in [0.25, 0.3) is 0 Å². The number of carbonyl (C=O) groups excluding carboxylic acids is 2. The minimum atomic E-state index is -3.67. The van der Waals surface area contributed by atoms with Crippen LogP contribution in [0.15, 0.2) is 53.4 Å². The minimum Gasteiger partial charge on any atom is -0.366 e. The molecule has 0 bridgehead atoms. The van der Waals surface area contributed by atoms with Gasteiger partial charge in [-0.3, -0.25) is 9.59 Å². The van der Waals surface area contributed by atoms with Crippen LogP contribution in [0.4, 0.5) is 0 Å². The molecule has 0 heterocycles. The molecule has 0 spiro atoms. The van der Waals surface area contributed by atoms with Gasteiger partial charge in [-0.15, -0.1) is 0 Å². The van der Waals surface area contributed by atoms with Crippen molar-refractivity contribution in [2.24, 2.45) is 5.73 Å². The van der Waals surface area contributed by atoms with E-state index >= 15 is 0 Å². The molecule has 1 fully saturated rings. The van der Waals surface area contributed by atoms with E-state index < -0.39 is 15.9 Å². The minimum absolute atomic E-state index is 0.0421. The van der Waals surface area contributed by atoms with Gasteiger partial charge in [-0.1, -0.05) is 31.0 Å². The molecule has 2 aromatic carbocycles. The van der Waals surface area contributed by atoms with Crippen molar-refractivity contribution in [2.45, 2.75) is 43.2 Å². The van der Waals surface area contributed by atoms with Crippen molar-refractivity contribution in [1.29, 1.82) is 0 Å². The molecule has 8 heteroatoms. The Bertz CT molecular complexity index is 1010. The highest BCUT2D eigenvalue weighted by molar-refractivity contribution is 7.89. The maximum absolute atomic E-state index is 12.8. The highest BCUT2D eigenvalue weighted by Crippen LogP contribution is 2.21. The van der Waals surface area contributed by atoms with Crippen LogP contribution < -0.4 is 10.5 Å². The number of hydrogen-bond donors (Lipinski definition) is 2. The van der Waals surface area contributed by atoms with Gasteiger partial charge in [-0.05, 0) is 48.7 Å². The van der Waals surface area contributed by atoms with Crippen LogP contribution in [0, 0.1) is 0 Å². The van der Waals surface area contributed by atoms with Crippen LogP contribution in [0.1, 0.15) is 52.0 Å². The lowest BCUT2D eigenvalue weighted by Gasteiger charge is -2.18. The van der Waals surface area contributed by atoms with Crippen molar-refractivity contribution in [3.63, 3.8) is 0 Å². The number of primary amides is 1. The van der Waals surface area contributed by atoms with Gasteiger partial charge in [0.2, 0.25) is 15.9 Å². The van der Waals surface area contributed by atoms with Gasteiger partial charge < -0.3 is 10.6 Å². The van der Waals surface area contributed by atoms with Crippen LogP contribution in [0.5, 0.6) is 0 Å². The molecule has 1 aliphatic rings. The molecule has 0 aliphatic heterocycles. The normalized spacial score (nSPS) is 14.7. The number of rotatable bonds is 7. The van der Waals surface area contributed by atoms with Gasteiger partial charge in [0.1, 0.15) is 0 Å². The highest BCUT2D eigenvalue weighted by Gasteiger charge is 2.24. The molecule has 1 saturated carbocycles. The summed E-state index contributed by atoms with van der Waals surface area (Å²) in [6.45, 7) is 0.261. The summed E-state index contributed by atoms with van der Waals surface area (Å²) < 4.78 is 28.0. The van der Waals surface area contributed by atoms with Crippen LogP contribution in [0.3, 0.4) is 0 Å². The smallest absolute Gasteiger partial charge is 0.253 e. The second kappa shape index (κ2) is 8.75. The van der Waals surface area contributed by atoms with Crippen LogP contribution in [-0.4, -0.2) is 38.2 Å². The highest BCUT2D eigenvalue weighted by atomic mass is 32.2. The predicted molar refractivity (Wildman–Crippen MR) is 110 cm³/mol. The summed E-state index contributed by atoms with van der Waals surface area (Å²) in [4.78, 5) is 25.7. The van der Waals surface area contributed by atoms with E-state index in [1.165, 1.54) is 17.0 Å². The third-order valence-corrected chi connectivity index (χ3v) is 6.56. The number of amides is 2. The molecule has 0 unspecified atom stereocenters. The van der Waals surface area contributed by atoms with Crippen molar-refractivity contribution in [3.8, 4) is 0 Å². The first-order chi connectivity index (χ1) is 13.8. The predicted octanol–water partition coefficient (Wildman–Crippen LogP) is 2.28. The van der Waals surface area contributed by atoms with E-state index in [1.54, 1.807) is 43.4 Å². The SMILES string of the molecule is CN(Cc1cccc(C(N)=O)c1)C(=O)c1cccc(S(=O)(=O)NC2CCCC2)c1. The third kappa shape index (κ3) is 5.21. The molecule has 1 aliphatic carbocycles. The molecule has 3 N–H and O–H groups in total. The standard InChI is InChI=1S/C21H25N3O4S/c1-24(14-15-6-4-7-16(12-15)20(22)25)21(26)17-8-5-11-19(13-17)29(27,28)23-18-9-2-3-10-18/h4-8,11-13,18,23H,2-3,9-10,14H2,1H3,(H2,22,25). The largest absolute Gasteiger partial charge is 0.366 e. The van der Waals surface area contributed by atoms with Gasteiger partial charge in [0.05, 0.1) is 4.90 Å². The molecular weight excluding hydrogens is 390 g/mol. The molecule has 0 aromatic heterocycles. The van der Waals surface area contributed by atoms with Gasteiger partial charge in [0, 0.05) is 30.8 Å². The Labute approximate surface area is 171 Å². The Morgan fingerprint density at radius 1 is 1.07 bits per heavy atom. The van der Waals surface area contributed by atoms with E-state index in [2.05, 4.69) is 4.72 Å². The molecule has 29 heavy (non-hydrogen) atoms. The molecular formula is C21H25N3O4S. The van der Waals surface area contributed by atoms with Crippen molar-refractivity contribution < 1.29 is 18.0 Å². The first-order valence-electron chi connectivity index (χ1n) is 9.53. The average Bonchev–Trinajstić information content (AvgIpc) is 3.20. The Hall–Kier alpha value is -2.71. The summed E-state index contributed by atoms with van der Waals surface area (Å²) in [5.74, 6) is -0.846.